The quantitative estimate of drug-likeness (QED) is 0.619. The van der Waals surface area contributed by atoms with Crippen molar-refractivity contribution in [2.24, 2.45) is 5.92 Å². The lowest BCUT2D eigenvalue weighted by molar-refractivity contribution is 0.0277. The van der Waals surface area contributed by atoms with Crippen molar-refractivity contribution in [1.29, 1.82) is 0 Å². The number of amides is 1. The van der Waals surface area contributed by atoms with Crippen molar-refractivity contribution in [3.8, 4) is 0 Å². The van der Waals surface area contributed by atoms with Gasteiger partial charge in [0.15, 0.2) is 0 Å². The van der Waals surface area contributed by atoms with Crippen LogP contribution >= 0.6 is 0 Å². The summed E-state index contributed by atoms with van der Waals surface area (Å²) in [6, 6.07) is 0. The first-order valence-corrected chi connectivity index (χ1v) is 8.41. The Bertz CT molecular complexity index is 274. The van der Waals surface area contributed by atoms with Crippen molar-refractivity contribution in [1.82, 2.24) is 10.2 Å². The van der Waals surface area contributed by atoms with Gasteiger partial charge in [-0.25, -0.2) is 4.79 Å². The Morgan fingerprint density at radius 1 is 1.19 bits per heavy atom. The monoisotopic (exact) mass is 300 g/mol. The van der Waals surface area contributed by atoms with E-state index in [9.17, 15) is 4.79 Å². The minimum absolute atomic E-state index is 0.242. The summed E-state index contributed by atoms with van der Waals surface area (Å²) in [6.45, 7) is 12.8. The van der Waals surface area contributed by atoms with Gasteiger partial charge in [0.25, 0.3) is 0 Å². The van der Waals surface area contributed by atoms with E-state index in [1.54, 1.807) is 11.9 Å². The van der Waals surface area contributed by atoms with E-state index in [0.717, 1.165) is 19.6 Å². The van der Waals surface area contributed by atoms with Crippen molar-refractivity contribution in [3.63, 3.8) is 0 Å². The molecule has 1 atom stereocenters. The molecule has 0 aromatic carbocycles. The number of hydrogen-bond acceptors (Lipinski definition) is 3. The molecule has 0 aromatic rings. The zero-order valence-corrected chi connectivity index (χ0v) is 15.0. The molecule has 0 fully saturated rings. The lowest BCUT2D eigenvalue weighted by atomic mass is 10.1. The third-order valence-electron chi connectivity index (χ3n) is 3.24. The molecule has 0 rings (SSSR count). The van der Waals surface area contributed by atoms with Crippen molar-refractivity contribution in [2.75, 3.05) is 26.7 Å². The van der Waals surface area contributed by atoms with Gasteiger partial charge in [-0.05, 0) is 46.2 Å². The fraction of sp³-hybridized carbons (Fsp3) is 0.941. The molecule has 0 saturated heterocycles. The van der Waals surface area contributed by atoms with Gasteiger partial charge in [-0.3, -0.25) is 0 Å². The van der Waals surface area contributed by atoms with Gasteiger partial charge >= 0.3 is 6.09 Å². The second-order valence-corrected chi connectivity index (χ2v) is 7.08. The van der Waals surface area contributed by atoms with Crippen molar-refractivity contribution in [2.45, 2.75) is 72.3 Å². The molecule has 1 N–H and O–H groups in total. The van der Waals surface area contributed by atoms with Gasteiger partial charge in [0.2, 0.25) is 0 Å². The fourth-order valence-corrected chi connectivity index (χ4v) is 2.15. The molecule has 0 aliphatic rings. The Morgan fingerprint density at radius 3 is 2.38 bits per heavy atom. The fourth-order valence-electron chi connectivity index (χ4n) is 2.15. The molecule has 0 radical (unpaired) electrons. The first-order chi connectivity index (χ1) is 9.76. The first-order valence-electron chi connectivity index (χ1n) is 8.41. The average Bonchev–Trinajstić information content (AvgIpc) is 2.35. The molecule has 0 spiro atoms. The van der Waals surface area contributed by atoms with Crippen LogP contribution in [-0.2, 0) is 4.74 Å². The maximum atomic E-state index is 11.9. The van der Waals surface area contributed by atoms with Crippen LogP contribution in [0, 0.1) is 5.92 Å². The number of nitrogens with zero attached hydrogens (tertiary/aromatic N) is 1. The van der Waals surface area contributed by atoms with E-state index >= 15 is 0 Å². The lowest BCUT2D eigenvalue weighted by Gasteiger charge is -2.26. The molecule has 21 heavy (non-hydrogen) atoms. The van der Waals surface area contributed by atoms with Gasteiger partial charge < -0.3 is 15.0 Å². The number of nitrogens with one attached hydrogen (secondary N) is 1. The lowest BCUT2D eigenvalue weighted by Crippen LogP contribution is -2.38. The molecule has 4 nitrogen and oxygen atoms in total. The molecule has 0 bridgehead atoms. The van der Waals surface area contributed by atoms with Gasteiger partial charge in [-0.1, -0.05) is 39.5 Å². The summed E-state index contributed by atoms with van der Waals surface area (Å²) in [5.74, 6) is 0.429. The Morgan fingerprint density at radius 2 is 1.81 bits per heavy atom. The predicted octanol–water partition coefficient (Wildman–Crippen LogP) is 4.05. The van der Waals surface area contributed by atoms with Crippen molar-refractivity contribution < 1.29 is 9.53 Å². The highest BCUT2D eigenvalue weighted by Crippen LogP contribution is 2.10. The SMILES string of the molecule is CCCCCCCNCC(C)CN(C)C(=O)OC(C)(C)C. The third-order valence-corrected chi connectivity index (χ3v) is 3.24. The minimum atomic E-state index is -0.425. The molecule has 0 heterocycles. The number of rotatable bonds is 10. The molecule has 0 aromatic heterocycles. The van der Waals surface area contributed by atoms with E-state index in [1.807, 2.05) is 20.8 Å². The smallest absolute Gasteiger partial charge is 0.410 e. The standard InChI is InChI=1S/C17H36N2O2/c1-7-8-9-10-11-12-18-13-15(2)14-19(6)16(20)21-17(3,4)5/h15,18H,7-14H2,1-6H3. The first kappa shape index (κ1) is 20.2. The van der Waals surface area contributed by atoms with Crippen molar-refractivity contribution >= 4 is 6.09 Å². The van der Waals surface area contributed by atoms with Crippen LogP contribution in [-0.4, -0.2) is 43.3 Å². The zero-order valence-electron chi connectivity index (χ0n) is 15.0. The Hall–Kier alpha value is -0.770. The average molecular weight is 300 g/mol. The van der Waals surface area contributed by atoms with E-state index in [2.05, 4.69) is 19.2 Å². The molecular weight excluding hydrogens is 264 g/mol. The second kappa shape index (κ2) is 10.9. The number of carbonyl (C=O) groups excluding carboxylic acids is 1. The number of hydrogen-bond donors (Lipinski definition) is 1. The molecule has 0 aliphatic heterocycles. The van der Waals surface area contributed by atoms with Crippen LogP contribution in [0.3, 0.4) is 0 Å². The van der Waals surface area contributed by atoms with E-state index in [1.165, 1.54) is 32.1 Å². The molecule has 1 amide bonds. The van der Waals surface area contributed by atoms with Gasteiger partial charge in [-0.15, -0.1) is 0 Å². The maximum absolute atomic E-state index is 11.9. The van der Waals surface area contributed by atoms with Crippen LogP contribution < -0.4 is 5.32 Å². The van der Waals surface area contributed by atoms with E-state index in [-0.39, 0.29) is 6.09 Å². The number of ether oxygens (including phenoxy) is 1. The van der Waals surface area contributed by atoms with Crippen LogP contribution in [0.15, 0.2) is 0 Å². The third kappa shape index (κ3) is 12.7. The second-order valence-electron chi connectivity index (χ2n) is 7.08. The van der Waals surface area contributed by atoms with Gasteiger partial charge in [0.1, 0.15) is 5.60 Å². The Labute approximate surface area is 131 Å². The molecule has 1 unspecified atom stereocenters. The van der Waals surface area contributed by atoms with Crippen LogP contribution in [0.2, 0.25) is 0 Å². The Kier molecular flexibility index (Phi) is 10.5. The minimum Gasteiger partial charge on any atom is -0.444 e. The van der Waals surface area contributed by atoms with Gasteiger partial charge in [0.05, 0.1) is 0 Å². The molecule has 126 valence electrons. The van der Waals surface area contributed by atoms with Crippen LogP contribution in [0.4, 0.5) is 4.79 Å². The predicted molar refractivity (Wildman–Crippen MR) is 89.7 cm³/mol. The van der Waals surface area contributed by atoms with E-state index in [0.29, 0.717) is 5.92 Å². The molecule has 4 heteroatoms. The topological polar surface area (TPSA) is 41.6 Å². The molecule has 0 aliphatic carbocycles. The van der Waals surface area contributed by atoms with Crippen LogP contribution in [0.1, 0.15) is 66.7 Å². The summed E-state index contributed by atoms with van der Waals surface area (Å²) >= 11 is 0. The summed E-state index contributed by atoms with van der Waals surface area (Å²) in [4.78, 5) is 13.5. The van der Waals surface area contributed by atoms with Crippen LogP contribution in [0.25, 0.3) is 0 Å². The highest BCUT2D eigenvalue weighted by Gasteiger charge is 2.20. The normalized spacial score (nSPS) is 13.0. The summed E-state index contributed by atoms with van der Waals surface area (Å²) in [5, 5.41) is 3.48. The van der Waals surface area contributed by atoms with Gasteiger partial charge in [-0.2, -0.15) is 0 Å². The highest BCUT2D eigenvalue weighted by atomic mass is 16.6. The van der Waals surface area contributed by atoms with E-state index in [4.69, 9.17) is 4.74 Å². The van der Waals surface area contributed by atoms with E-state index < -0.39 is 5.60 Å². The summed E-state index contributed by atoms with van der Waals surface area (Å²) < 4.78 is 5.35. The summed E-state index contributed by atoms with van der Waals surface area (Å²) in [7, 11) is 1.80. The summed E-state index contributed by atoms with van der Waals surface area (Å²) in [5.41, 5.74) is -0.425. The van der Waals surface area contributed by atoms with Gasteiger partial charge in [0, 0.05) is 13.6 Å². The molecular formula is C17H36N2O2. The van der Waals surface area contributed by atoms with Crippen LogP contribution in [0.5, 0.6) is 0 Å². The van der Waals surface area contributed by atoms with Crippen molar-refractivity contribution in [3.05, 3.63) is 0 Å². The number of carbonyl (C=O) groups is 1. The largest absolute Gasteiger partial charge is 0.444 e. The summed E-state index contributed by atoms with van der Waals surface area (Å²) in [6.07, 6.45) is 6.30. The maximum Gasteiger partial charge on any atom is 0.410 e. The highest BCUT2D eigenvalue weighted by molar-refractivity contribution is 5.67. The zero-order chi connectivity index (χ0) is 16.3. The number of unbranched alkanes of at least 4 members (excludes halogenated alkanes) is 4. The molecule has 0 saturated carbocycles. The Balaban J connectivity index is 3.68.